The van der Waals surface area contributed by atoms with Crippen LogP contribution in [0.25, 0.3) is 21.2 Å². The Kier molecular flexibility index (Phi) is 6.30. The molecule has 7 nitrogen and oxygen atoms in total. The van der Waals surface area contributed by atoms with E-state index in [-0.39, 0.29) is 11.7 Å². The molecule has 0 aliphatic carbocycles. The second kappa shape index (κ2) is 9.51. The molecule has 1 fully saturated rings. The fourth-order valence-corrected chi connectivity index (χ4v) is 5.25. The molecule has 33 heavy (non-hydrogen) atoms. The summed E-state index contributed by atoms with van der Waals surface area (Å²) in [6.07, 6.45) is 0.837. The number of hydrogen-bond donors (Lipinski definition) is 0. The summed E-state index contributed by atoms with van der Waals surface area (Å²) in [5, 5.41) is 1.53. The Morgan fingerprint density at radius 2 is 2.03 bits per heavy atom. The zero-order valence-electron chi connectivity index (χ0n) is 18.9. The van der Waals surface area contributed by atoms with Crippen molar-refractivity contribution in [2.24, 2.45) is 0 Å². The number of aryl methyl sites for hydroxylation is 1. The molecule has 0 spiro atoms. The number of benzene rings is 2. The predicted molar refractivity (Wildman–Crippen MR) is 131 cm³/mol. The number of morpholine rings is 1. The number of hydrogen-bond acceptors (Lipinski definition) is 7. The Morgan fingerprint density at radius 3 is 2.82 bits per heavy atom. The maximum Gasteiger partial charge on any atom is 0.295 e. The lowest BCUT2D eigenvalue weighted by Gasteiger charge is -2.27. The van der Waals surface area contributed by atoms with Gasteiger partial charge in [0.15, 0.2) is 22.2 Å². The number of methoxy groups -OCH3 is 1. The van der Waals surface area contributed by atoms with E-state index in [1.54, 1.807) is 18.1 Å². The summed E-state index contributed by atoms with van der Waals surface area (Å²) >= 11 is 1.54. The quantitative estimate of drug-likeness (QED) is 0.393. The van der Waals surface area contributed by atoms with E-state index in [1.807, 2.05) is 43.3 Å². The van der Waals surface area contributed by atoms with E-state index in [9.17, 15) is 4.79 Å². The maximum atomic E-state index is 13.7. The van der Waals surface area contributed by atoms with Gasteiger partial charge in [-0.1, -0.05) is 35.6 Å². The van der Waals surface area contributed by atoms with Crippen LogP contribution >= 0.6 is 11.3 Å². The van der Waals surface area contributed by atoms with Crippen LogP contribution in [-0.4, -0.2) is 62.3 Å². The van der Waals surface area contributed by atoms with Gasteiger partial charge in [0.25, 0.3) is 5.91 Å². The Labute approximate surface area is 196 Å². The lowest BCUT2D eigenvalue weighted by Crippen LogP contribution is -2.39. The smallest absolute Gasteiger partial charge is 0.295 e. The van der Waals surface area contributed by atoms with Crippen molar-refractivity contribution in [1.82, 2.24) is 9.88 Å². The first-order chi connectivity index (χ1) is 16.1. The largest absolute Gasteiger partial charge is 0.493 e. The van der Waals surface area contributed by atoms with Crippen LogP contribution in [0.5, 0.6) is 5.75 Å². The second-order valence-electron chi connectivity index (χ2n) is 8.17. The van der Waals surface area contributed by atoms with Crippen molar-refractivity contribution < 1.29 is 18.7 Å². The van der Waals surface area contributed by atoms with Gasteiger partial charge in [0.05, 0.1) is 30.5 Å². The molecule has 1 aliphatic rings. The summed E-state index contributed by atoms with van der Waals surface area (Å²) < 4.78 is 17.9. The van der Waals surface area contributed by atoms with E-state index >= 15 is 0 Å². The Hall–Kier alpha value is -2.94. The molecule has 8 heteroatoms. The summed E-state index contributed by atoms with van der Waals surface area (Å²) in [7, 11) is 1.60. The molecule has 0 atom stereocenters. The molecular formula is C25H27N3O4S. The predicted octanol–water partition coefficient (Wildman–Crippen LogP) is 4.73. The Morgan fingerprint density at radius 1 is 1.21 bits per heavy atom. The van der Waals surface area contributed by atoms with Crippen LogP contribution in [0.4, 0.5) is 5.13 Å². The van der Waals surface area contributed by atoms with Gasteiger partial charge in [-0.25, -0.2) is 4.98 Å². The van der Waals surface area contributed by atoms with Crippen molar-refractivity contribution >= 4 is 43.6 Å². The molecule has 1 saturated heterocycles. The summed E-state index contributed by atoms with van der Waals surface area (Å²) in [6, 6.07) is 13.5. The zero-order valence-corrected chi connectivity index (χ0v) is 19.7. The minimum absolute atomic E-state index is 0.188. The van der Waals surface area contributed by atoms with Crippen LogP contribution in [0.1, 0.15) is 22.5 Å². The number of amides is 1. The van der Waals surface area contributed by atoms with Crippen LogP contribution in [0, 0.1) is 6.92 Å². The number of aromatic nitrogens is 1. The highest BCUT2D eigenvalue weighted by Gasteiger charge is 2.25. The minimum Gasteiger partial charge on any atom is -0.493 e. The number of para-hydroxylation sites is 2. The molecule has 1 amide bonds. The van der Waals surface area contributed by atoms with Crippen LogP contribution in [0.2, 0.25) is 0 Å². The summed E-state index contributed by atoms with van der Waals surface area (Å²) in [5.74, 6) is 0.713. The van der Waals surface area contributed by atoms with E-state index in [0.29, 0.717) is 23.0 Å². The zero-order chi connectivity index (χ0) is 22.8. The topological polar surface area (TPSA) is 68.0 Å². The number of ether oxygens (including phenoxy) is 2. The number of nitrogens with zero attached hydrogens (tertiary/aromatic N) is 3. The van der Waals surface area contributed by atoms with E-state index < -0.39 is 0 Å². The summed E-state index contributed by atoms with van der Waals surface area (Å²) in [4.78, 5) is 22.7. The third-order valence-corrected chi connectivity index (χ3v) is 7.03. The highest BCUT2D eigenvalue weighted by molar-refractivity contribution is 7.22. The Balaban J connectivity index is 1.45. The van der Waals surface area contributed by atoms with Crippen molar-refractivity contribution in [3.05, 3.63) is 53.8 Å². The van der Waals surface area contributed by atoms with Gasteiger partial charge in [0.1, 0.15) is 0 Å². The van der Waals surface area contributed by atoms with Crippen molar-refractivity contribution in [2.75, 3.05) is 51.4 Å². The number of anilines is 1. The minimum atomic E-state index is -0.188. The molecule has 3 heterocycles. The number of thiazole rings is 1. The van der Waals surface area contributed by atoms with E-state index in [4.69, 9.17) is 18.9 Å². The van der Waals surface area contributed by atoms with Crippen molar-refractivity contribution in [1.29, 1.82) is 0 Å². The standard InChI is InChI=1S/C25H27N3O4S/c1-17-6-3-9-21-22(17)26-25(33-21)28(11-5-10-27-12-14-31-15-13-27)24(29)20-16-18-7-4-8-19(30-2)23(18)32-20/h3-4,6-9,16H,5,10-15H2,1-2H3. The van der Waals surface area contributed by atoms with Gasteiger partial charge in [0.2, 0.25) is 0 Å². The molecule has 0 radical (unpaired) electrons. The highest BCUT2D eigenvalue weighted by Crippen LogP contribution is 2.33. The fraction of sp³-hybridized carbons (Fsp3) is 0.360. The van der Waals surface area contributed by atoms with E-state index in [0.717, 1.165) is 60.4 Å². The molecule has 2 aromatic heterocycles. The number of carbonyl (C=O) groups is 1. The van der Waals surface area contributed by atoms with E-state index in [2.05, 4.69) is 4.90 Å². The molecule has 0 saturated carbocycles. The molecule has 0 N–H and O–H groups in total. The van der Waals surface area contributed by atoms with Crippen LogP contribution in [-0.2, 0) is 4.74 Å². The lowest BCUT2D eigenvalue weighted by atomic mass is 10.2. The molecule has 4 aromatic rings. The van der Waals surface area contributed by atoms with Crippen molar-refractivity contribution in [3.63, 3.8) is 0 Å². The van der Waals surface area contributed by atoms with Gasteiger partial charge in [-0.05, 0) is 37.1 Å². The Bertz CT molecular complexity index is 1280. The number of rotatable bonds is 7. The number of carbonyl (C=O) groups excluding carboxylic acids is 1. The summed E-state index contributed by atoms with van der Waals surface area (Å²) in [5.41, 5.74) is 2.62. The van der Waals surface area contributed by atoms with E-state index in [1.165, 1.54) is 11.3 Å². The molecule has 5 rings (SSSR count). The van der Waals surface area contributed by atoms with Gasteiger partial charge >= 0.3 is 0 Å². The molecule has 1 aliphatic heterocycles. The first-order valence-corrected chi connectivity index (χ1v) is 12.0. The van der Waals surface area contributed by atoms with Crippen LogP contribution in [0.15, 0.2) is 46.9 Å². The molecular weight excluding hydrogens is 438 g/mol. The molecule has 0 unspecified atom stereocenters. The number of furan rings is 1. The second-order valence-corrected chi connectivity index (χ2v) is 9.18. The van der Waals surface area contributed by atoms with Crippen molar-refractivity contribution in [2.45, 2.75) is 13.3 Å². The summed E-state index contributed by atoms with van der Waals surface area (Å²) in [6.45, 7) is 6.90. The maximum absolute atomic E-state index is 13.7. The molecule has 2 aromatic carbocycles. The normalized spacial score (nSPS) is 14.7. The van der Waals surface area contributed by atoms with Crippen molar-refractivity contribution in [3.8, 4) is 5.75 Å². The lowest BCUT2D eigenvalue weighted by molar-refractivity contribution is 0.0376. The van der Waals surface area contributed by atoms with Gasteiger partial charge in [-0.2, -0.15) is 0 Å². The fourth-order valence-electron chi connectivity index (χ4n) is 4.19. The SMILES string of the molecule is COc1cccc2cc(C(=O)N(CCCN3CCOCC3)c3nc4c(C)cccc4s3)oc12. The third kappa shape index (κ3) is 4.46. The number of fused-ring (bicyclic) bond motifs is 2. The first-order valence-electron chi connectivity index (χ1n) is 11.2. The molecule has 172 valence electrons. The highest BCUT2D eigenvalue weighted by atomic mass is 32.1. The van der Waals surface area contributed by atoms with Gasteiger partial charge in [-0.15, -0.1) is 0 Å². The van der Waals surface area contributed by atoms with Gasteiger partial charge in [0, 0.05) is 31.6 Å². The van der Waals surface area contributed by atoms with Gasteiger partial charge in [-0.3, -0.25) is 14.6 Å². The first kappa shape index (κ1) is 21.9. The third-order valence-electron chi connectivity index (χ3n) is 5.98. The van der Waals surface area contributed by atoms with Crippen LogP contribution in [0.3, 0.4) is 0 Å². The molecule has 0 bridgehead atoms. The van der Waals surface area contributed by atoms with Gasteiger partial charge < -0.3 is 13.9 Å². The monoisotopic (exact) mass is 465 g/mol. The average Bonchev–Trinajstić information content (AvgIpc) is 3.47. The van der Waals surface area contributed by atoms with Crippen LogP contribution < -0.4 is 9.64 Å². The average molecular weight is 466 g/mol.